The van der Waals surface area contributed by atoms with E-state index in [9.17, 15) is 4.79 Å². The van der Waals surface area contributed by atoms with Gasteiger partial charge in [0, 0.05) is 7.05 Å². The largest absolute Gasteiger partial charge is 0.306 e. The van der Waals surface area contributed by atoms with Gasteiger partial charge < -0.3 is 4.90 Å². The summed E-state index contributed by atoms with van der Waals surface area (Å²) in [4.78, 5) is 13.8. The molecule has 0 radical (unpaired) electrons. The third-order valence-electron chi connectivity index (χ3n) is 3.02. The molecular formula is C11H11BrN2OS. The number of nitriles is 1. The molecular weight excluding hydrogens is 288 g/mol. The van der Waals surface area contributed by atoms with Crippen LogP contribution in [0.1, 0.15) is 19.3 Å². The van der Waals surface area contributed by atoms with Crippen molar-refractivity contribution in [3.63, 3.8) is 0 Å². The molecule has 1 aromatic rings. The number of amides is 1. The topological polar surface area (TPSA) is 44.1 Å². The Labute approximate surface area is 107 Å². The van der Waals surface area contributed by atoms with Crippen LogP contribution in [0.4, 0.5) is 5.00 Å². The number of hydrogen-bond donors (Lipinski definition) is 0. The number of nitrogens with zero attached hydrogens (tertiary/aromatic N) is 2. The van der Waals surface area contributed by atoms with Gasteiger partial charge in [-0.25, -0.2) is 0 Å². The third-order valence-corrected chi connectivity index (χ3v) is 4.72. The van der Waals surface area contributed by atoms with Crippen LogP contribution in [0.2, 0.25) is 0 Å². The highest BCUT2D eigenvalue weighted by atomic mass is 79.9. The quantitative estimate of drug-likeness (QED) is 0.842. The zero-order valence-corrected chi connectivity index (χ0v) is 11.3. The fraction of sp³-hybridized carbons (Fsp3) is 0.455. The van der Waals surface area contributed by atoms with Crippen LogP contribution in [0.3, 0.4) is 0 Å². The lowest BCUT2D eigenvalue weighted by Crippen LogP contribution is -2.45. The molecule has 1 aliphatic carbocycles. The van der Waals surface area contributed by atoms with Gasteiger partial charge in [0.05, 0.1) is 14.9 Å². The summed E-state index contributed by atoms with van der Waals surface area (Å²) >= 11 is 4.86. The zero-order chi connectivity index (χ0) is 11.8. The molecule has 5 heteroatoms. The minimum absolute atomic E-state index is 0.0735. The van der Waals surface area contributed by atoms with E-state index in [1.165, 1.54) is 11.3 Å². The molecule has 0 atom stereocenters. The first kappa shape index (κ1) is 11.6. The molecule has 1 saturated carbocycles. The molecule has 0 aromatic carbocycles. The lowest BCUT2D eigenvalue weighted by atomic mass is 9.69. The van der Waals surface area contributed by atoms with Crippen molar-refractivity contribution >= 4 is 38.2 Å². The number of carbonyl (C=O) groups excluding carboxylic acids is 1. The number of rotatable bonds is 2. The van der Waals surface area contributed by atoms with Gasteiger partial charge in [0.1, 0.15) is 5.41 Å². The van der Waals surface area contributed by atoms with Gasteiger partial charge in [-0.05, 0) is 47.3 Å². The summed E-state index contributed by atoms with van der Waals surface area (Å²) in [5.41, 5.74) is -0.759. The highest BCUT2D eigenvalue weighted by Crippen LogP contribution is 2.43. The summed E-state index contributed by atoms with van der Waals surface area (Å²) in [6.45, 7) is 0. The van der Waals surface area contributed by atoms with Gasteiger partial charge in [-0.3, -0.25) is 4.79 Å². The van der Waals surface area contributed by atoms with Crippen LogP contribution < -0.4 is 4.90 Å². The molecule has 16 heavy (non-hydrogen) atoms. The molecule has 1 heterocycles. The van der Waals surface area contributed by atoms with Crippen LogP contribution in [0.25, 0.3) is 0 Å². The van der Waals surface area contributed by atoms with E-state index in [0.717, 1.165) is 15.2 Å². The summed E-state index contributed by atoms with van der Waals surface area (Å²) in [6.07, 6.45) is 2.36. The molecule has 3 nitrogen and oxygen atoms in total. The van der Waals surface area contributed by atoms with Gasteiger partial charge in [-0.2, -0.15) is 5.26 Å². The molecule has 0 bridgehead atoms. The number of carbonyl (C=O) groups is 1. The van der Waals surface area contributed by atoms with Crippen LogP contribution in [-0.2, 0) is 4.79 Å². The second-order valence-corrected chi connectivity index (χ2v) is 6.43. The van der Waals surface area contributed by atoms with Gasteiger partial charge in [0.2, 0.25) is 5.91 Å². The van der Waals surface area contributed by atoms with Gasteiger partial charge in [0.25, 0.3) is 0 Å². The molecule has 84 valence electrons. The summed E-state index contributed by atoms with van der Waals surface area (Å²) in [7, 11) is 1.73. The van der Waals surface area contributed by atoms with Gasteiger partial charge in [-0.15, -0.1) is 11.3 Å². The fourth-order valence-corrected chi connectivity index (χ4v) is 3.13. The average Bonchev–Trinajstić information content (AvgIpc) is 2.63. The number of hydrogen-bond acceptors (Lipinski definition) is 3. The van der Waals surface area contributed by atoms with E-state index in [1.807, 2.05) is 12.1 Å². The van der Waals surface area contributed by atoms with Crippen molar-refractivity contribution in [1.29, 1.82) is 5.26 Å². The van der Waals surface area contributed by atoms with Crippen LogP contribution in [0.15, 0.2) is 15.9 Å². The Balaban J connectivity index is 2.20. The standard InChI is InChI=1S/C11H11BrN2OS/c1-14(9-4-3-8(12)16-9)10(15)11(7-13)5-2-6-11/h3-4H,2,5-6H2,1H3. The predicted octanol–water partition coefficient (Wildman–Crippen LogP) is 3.17. The van der Waals surface area contributed by atoms with Crippen molar-refractivity contribution < 1.29 is 4.79 Å². The van der Waals surface area contributed by atoms with Gasteiger partial charge in [-0.1, -0.05) is 0 Å². The van der Waals surface area contributed by atoms with Gasteiger partial charge >= 0.3 is 0 Å². The van der Waals surface area contributed by atoms with Crippen LogP contribution in [0.5, 0.6) is 0 Å². The van der Waals surface area contributed by atoms with E-state index in [0.29, 0.717) is 12.8 Å². The van der Waals surface area contributed by atoms with Crippen LogP contribution in [0, 0.1) is 16.7 Å². The zero-order valence-electron chi connectivity index (χ0n) is 8.86. The van der Waals surface area contributed by atoms with Crippen molar-refractivity contribution in [3.8, 4) is 6.07 Å². The second-order valence-electron chi connectivity index (χ2n) is 3.99. The first-order chi connectivity index (χ1) is 7.59. The van der Waals surface area contributed by atoms with Crippen molar-refractivity contribution in [2.24, 2.45) is 5.41 Å². The third kappa shape index (κ3) is 1.76. The molecule has 1 amide bonds. The molecule has 1 aromatic heterocycles. The van der Waals surface area contributed by atoms with Crippen molar-refractivity contribution in [3.05, 3.63) is 15.9 Å². The maximum atomic E-state index is 12.2. The Bertz CT molecular complexity index is 459. The first-order valence-corrected chi connectivity index (χ1v) is 6.65. The molecule has 2 rings (SSSR count). The van der Waals surface area contributed by atoms with Crippen LogP contribution >= 0.6 is 27.3 Å². The lowest BCUT2D eigenvalue weighted by molar-refractivity contribution is -0.128. The summed E-state index contributed by atoms with van der Waals surface area (Å²) in [5, 5.41) is 9.98. The van der Waals surface area contributed by atoms with E-state index in [-0.39, 0.29) is 5.91 Å². The molecule has 1 fully saturated rings. The van der Waals surface area contributed by atoms with E-state index in [1.54, 1.807) is 11.9 Å². The molecule has 0 spiro atoms. The minimum atomic E-state index is -0.759. The lowest BCUT2D eigenvalue weighted by Gasteiger charge is -2.36. The summed E-state index contributed by atoms with van der Waals surface area (Å²) in [5.74, 6) is -0.0735. The average molecular weight is 299 g/mol. The van der Waals surface area contributed by atoms with E-state index >= 15 is 0 Å². The summed E-state index contributed by atoms with van der Waals surface area (Å²) in [6, 6.07) is 5.97. The van der Waals surface area contributed by atoms with Crippen molar-refractivity contribution in [2.75, 3.05) is 11.9 Å². The number of thiophene rings is 1. The van der Waals surface area contributed by atoms with E-state index in [4.69, 9.17) is 5.26 Å². The Morgan fingerprint density at radius 3 is 2.69 bits per heavy atom. The molecule has 0 unspecified atom stereocenters. The highest BCUT2D eigenvalue weighted by molar-refractivity contribution is 9.11. The maximum absolute atomic E-state index is 12.2. The maximum Gasteiger partial charge on any atom is 0.247 e. The number of anilines is 1. The first-order valence-electron chi connectivity index (χ1n) is 5.04. The number of halogens is 1. The normalized spacial score (nSPS) is 17.3. The van der Waals surface area contributed by atoms with E-state index in [2.05, 4.69) is 22.0 Å². The molecule has 0 aliphatic heterocycles. The minimum Gasteiger partial charge on any atom is -0.306 e. The fourth-order valence-electron chi connectivity index (χ4n) is 1.81. The van der Waals surface area contributed by atoms with Crippen molar-refractivity contribution in [2.45, 2.75) is 19.3 Å². The molecule has 1 aliphatic rings. The Morgan fingerprint density at radius 2 is 2.31 bits per heavy atom. The predicted molar refractivity (Wildman–Crippen MR) is 67.3 cm³/mol. The van der Waals surface area contributed by atoms with Gasteiger partial charge in [0.15, 0.2) is 0 Å². The second kappa shape index (κ2) is 4.19. The van der Waals surface area contributed by atoms with Crippen molar-refractivity contribution in [1.82, 2.24) is 0 Å². The highest BCUT2D eigenvalue weighted by Gasteiger charge is 2.46. The monoisotopic (exact) mass is 298 g/mol. The van der Waals surface area contributed by atoms with Crippen LogP contribution in [-0.4, -0.2) is 13.0 Å². The molecule has 0 N–H and O–H groups in total. The Morgan fingerprint density at radius 1 is 1.62 bits per heavy atom. The smallest absolute Gasteiger partial charge is 0.247 e. The van der Waals surface area contributed by atoms with E-state index < -0.39 is 5.41 Å². The Kier molecular flexibility index (Phi) is 3.04. The molecule has 0 saturated heterocycles. The SMILES string of the molecule is CN(C(=O)C1(C#N)CCC1)c1ccc(Br)s1. The summed E-state index contributed by atoms with van der Waals surface area (Å²) < 4.78 is 0.988. The Hall–Kier alpha value is -0.860.